The largest absolute Gasteiger partial charge is 0.508 e. The topological polar surface area (TPSA) is 108 Å². The third kappa shape index (κ3) is 4.81. The summed E-state index contributed by atoms with van der Waals surface area (Å²) in [6.45, 7) is 4.81. The first kappa shape index (κ1) is 19.9. The highest BCUT2D eigenvalue weighted by molar-refractivity contribution is 7.80. The van der Waals surface area contributed by atoms with Gasteiger partial charge >= 0.3 is 6.09 Å². The average Bonchev–Trinajstić information content (AvgIpc) is 2.54. The van der Waals surface area contributed by atoms with Crippen LogP contribution in [0.5, 0.6) is 5.75 Å². The minimum absolute atomic E-state index is 0.0387. The number of hydrogen-bond acceptors (Lipinski definition) is 6. The van der Waals surface area contributed by atoms with Gasteiger partial charge in [-0.1, -0.05) is 0 Å². The molecule has 1 aromatic rings. The molecule has 1 aromatic carbocycles. The number of thiol groups is 1. The lowest BCUT2D eigenvalue weighted by atomic mass is 9.97. The first-order chi connectivity index (χ1) is 12.1. The predicted molar refractivity (Wildman–Crippen MR) is 99.4 cm³/mol. The zero-order valence-electron chi connectivity index (χ0n) is 14.9. The molecule has 3 N–H and O–H groups in total. The standard InChI is InChI=1S/C17H23N3O5S/c1-17(2,3)25-16(24)18-8-13(22)20(10-4-6-11(21)7-5-10)14-12(9-26)19-15(14)23/h4-7,12,14,21,26H,8-9H2,1-3H3,(H,18,24)(H,19,23). The van der Waals surface area contributed by atoms with Gasteiger partial charge in [-0.2, -0.15) is 12.6 Å². The van der Waals surface area contributed by atoms with Gasteiger partial charge in [0.25, 0.3) is 0 Å². The molecule has 1 aliphatic rings. The number of phenols is 1. The Kier molecular flexibility index (Phi) is 6.01. The van der Waals surface area contributed by atoms with E-state index in [1.54, 1.807) is 20.8 Å². The molecular formula is C17H23N3O5S. The Bertz CT molecular complexity index is 687. The van der Waals surface area contributed by atoms with E-state index in [4.69, 9.17) is 4.74 Å². The van der Waals surface area contributed by atoms with Crippen molar-refractivity contribution in [2.45, 2.75) is 38.5 Å². The summed E-state index contributed by atoms with van der Waals surface area (Å²) >= 11 is 4.19. The van der Waals surface area contributed by atoms with Gasteiger partial charge in [-0.3, -0.25) is 14.5 Å². The van der Waals surface area contributed by atoms with E-state index in [1.165, 1.54) is 29.2 Å². The fourth-order valence-corrected chi connectivity index (χ4v) is 2.79. The van der Waals surface area contributed by atoms with Gasteiger partial charge in [-0.25, -0.2) is 4.79 Å². The maximum Gasteiger partial charge on any atom is 0.408 e. The molecule has 0 aromatic heterocycles. The molecule has 0 bridgehead atoms. The van der Waals surface area contributed by atoms with Crippen LogP contribution in [0.1, 0.15) is 20.8 Å². The molecule has 8 nitrogen and oxygen atoms in total. The number of rotatable bonds is 5. The van der Waals surface area contributed by atoms with Crippen LogP contribution >= 0.6 is 12.6 Å². The van der Waals surface area contributed by atoms with E-state index in [-0.39, 0.29) is 24.2 Å². The van der Waals surface area contributed by atoms with Crippen LogP contribution in [0.25, 0.3) is 0 Å². The van der Waals surface area contributed by atoms with Crippen molar-refractivity contribution in [3.05, 3.63) is 24.3 Å². The molecule has 0 aliphatic carbocycles. The lowest BCUT2D eigenvalue weighted by Crippen LogP contribution is -2.71. The Balaban J connectivity index is 2.15. The highest BCUT2D eigenvalue weighted by Gasteiger charge is 2.45. The lowest BCUT2D eigenvalue weighted by Gasteiger charge is -2.43. The number of carbonyl (C=O) groups excluding carboxylic acids is 3. The van der Waals surface area contributed by atoms with Crippen molar-refractivity contribution in [2.24, 2.45) is 0 Å². The smallest absolute Gasteiger partial charge is 0.408 e. The maximum atomic E-state index is 12.7. The van der Waals surface area contributed by atoms with E-state index in [0.717, 1.165) is 0 Å². The molecule has 0 radical (unpaired) electrons. The number of carbonyl (C=O) groups is 3. The minimum Gasteiger partial charge on any atom is -0.508 e. The van der Waals surface area contributed by atoms with E-state index in [1.807, 2.05) is 0 Å². The Hall–Kier alpha value is -2.42. The second-order valence-corrected chi connectivity index (χ2v) is 7.24. The average molecular weight is 381 g/mol. The number of ether oxygens (including phenoxy) is 1. The summed E-state index contributed by atoms with van der Waals surface area (Å²) in [5.41, 5.74) is -0.250. The van der Waals surface area contributed by atoms with Crippen molar-refractivity contribution in [1.82, 2.24) is 10.6 Å². The van der Waals surface area contributed by atoms with E-state index >= 15 is 0 Å². The van der Waals surface area contributed by atoms with E-state index in [9.17, 15) is 19.5 Å². The Morgan fingerprint density at radius 2 is 1.92 bits per heavy atom. The second-order valence-electron chi connectivity index (χ2n) is 6.88. The zero-order valence-corrected chi connectivity index (χ0v) is 15.7. The van der Waals surface area contributed by atoms with Crippen LogP contribution in [0.3, 0.4) is 0 Å². The van der Waals surface area contributed by atoms with Crippen molar-refractivity contribution in [3.63, 3.8) is 0 Å². The molecule has 26 heavy (non-hydrogen) atoms. The number of amides is 3. The molecule has 142 valence electrons. The third-order valence-electron chi connectivity index (χ3n) is 3.63. The molecule has 0 saturated carbocycles. The van der Waals surface area contributed by atoms with Crippen molar-refractivity contribution < 1.29 is 24.2 Å². The Labute approximate surface area is 157 Å². The fraction of sp³-hybridized carbons (Fsp3) is 0.471. The van der Waals surface area contributed by atoms with Crippen molar-refractivity contribution in [1.29, 1.82) is 0 Å². The van der Waals surface area contributed by atoms with Crippen LogP contribution in [-0.2, 0) is 14.3 Å². The molecule has 0 spiro atoms. The lowest BCUT2D eigenvalue weighted by molar-refractivity contribution is -0.132. The molecule has 2 atom stereocenters. The molecule has 1 aliphatic heterocycles. The fourth-order valence-electron chi connectivity index (χ4n) is 2.50. The summed E-state index contributed by atoms with van der Waals surface area (Å²) in [6, 6.07) is 4.87. The molecule has 1 fully saturated rings. The monoisotopic (exact) mass is 381 g/mol. The molecule has 2 unspecified atom stereocenters. The van der Waals surface area contributed by atoms with Crippen LogP contribution in [-0.4, -0.2) is 53.0 Å². The summed E-state index contributed by atoms with van der Waals surface area (Å²) in [5, 5.41) is 14.5. The van der Waals surface area contributed by atoms with Gasteiger partial charge in [0, 0.05) is 11.4 Å². The van der Waals surface area contributed by atoms with E-state index in [0.29, 0.717) is 11.4 Å². The van der Waals surface area contributed by atoms with Crippen molar-refractivity contribution in [3.8, 4) is 5.75 Å². The van der Waals surface area contributed by atoms with Gasteiger partial charge in [-0.05, 0) is 45.0 Å². The Morgan fingerprint density at radius 1 is 1.31 bits per heavy atom. The number of phenolic OH excluding ortho intramolecular Hbond substituents is 1. The van der Waals surface area contributed by atoms with Crippen molar-refractivity contribution >= 4 is 36.2 Å². The van der Waals surface area contributed by atoms with Gasteiger partial charge in [0.1, 0.15) is 23.9 Å². The number of nitrogens with zero attached hydrogens (tertiary/aromatic N) is 1. The number of alkyl carbamates (subject to hydrolysis) is 1. The molecule has 3 amide bonds. The number of nitrogens with one attached hydrogen (secondary N) is 2. The van der Waals surface area contributed by atoms with Gasteiger partial charge < -0.3 is 20.5 Å². The highest BCUT2D eigenvalue weighted by Crippen LogP contribution is 2.25. The summed E-state index contributed by atoms with van der Waals surface area (Å²) in [5.74, 6) is -0.384. The first-order valence-electron chi connectivity index (χ1n) is 8.11. The van der Waals surface area contributed by atoms with Crippen LogP contribution in [0.4, 0.5) is 10.5 Å². The number of β-lactam (4-membered cyclic amide) rings is 1. The SMILES string of the molecule is CC(C)(C)OC(=O)NCC(=O)N(c1ccc(O)cc1)C1C(=O)NC1CS. The van der Waals surface area contributed by atoms with Gasteiger partial charge in [-0.15, -0.1) is 0 Å². The minimum atomic E-state index is -0.732. The van der Waals surface area contributed by atoms with Gasteiger partial charge in [0.15, 0.2) is 0 Å². The molecule has 1 saturated heterocycles. The summed E-state index contributed by atoms with van der Waals surface area (Å²) in [7, 11) is 0. The maximum absolute atomic E-state index is 12.7. The summed E-state index contributed by atoms with van der Waals surface area (Å²) < 4.78 is 5.11. The Morgan fingerprint density at radius 3 is 2.42 bits per heavy atom. The van der Waals surface area contributed by atoms with Crippen LogP contribution in [0, 0.1) is 0 Å². The van der Waals surface area contributed by atoms with Gasteiger partial charge in [0.2, 0.25) is 11.8 Å². The first-order valence-corrected chi connectivity index (χ1v) is 8.75. The molecule has 9 heteroatoms. The normalized spacial score (nSPS) is 19.2. The summed E-state index contributed by atoms with van der Waals surface area (Å²) in [6.07, 6.45) is -0.722. The second kappa shape index (κ2) is 7.86. The zero-order chi connectivity index (χ0) is 19.5. The van der Waals surface area contributed by atoms with Crippen LogP contribution < -0.4 is 15.5 Å². The molecule has 2 rings (SSSR count). The summed E-state index contributed by atoms with van der Waals surface area (Å²) in [4.78, 5) is 37.8. The van der Waals surface area contributed by atoms with E-state index in [2.05, 4.69) is 23.3 Å². The number of aromatic hydroxyl groups is 1. The molecular weight excluding hydrogens is 358 g/mol. The highest BCUT2D eigenvalue weighted by atomic mass is 32.1. The molecule has 1 heterocycles. The van der Waals surface area contributed by atoms with Crippen LogP contribution in [0.2, 0.25) is 0 Å². The third-order valence-corrected chi connectivity index (χ3v) is 4.03. The predicted octanol–water partition coefficient (Wildman–Crippen LogP) is 1.05. The van der Waals surface area contributed by atoms with Crippen LogP contribution in [0.15, 0.2) is 24.3 Å². The van der Waals surface area contributed by atoms with Crippen molar-refractivity contribution in [2.75, 3.05) is 17.2 Å². The number of benzene rings is 1. The number of hydrogen-bond donors (Lipinski definition) is 4. The number of anilines is 1. The quantitative estimate of drug-likeness (QED) is 0.450. The van der Waals surface area contributed by atoms with E-state index < -0.39 is 23.6 Å². The van der Waals surface area contributed by atoms with Gasteiger partial charge in [0.05, 0.1) is 6.04 Å².